The molecule has 2 heterocycles. The summed E-state index contributed by atoms with van der Waals surface area (Å²) in [5.41, 5.74) is 1.44. The average Bonchev–Trinajstić information content (AvgIpc) is 2.81. The quantitative estimate of drug-likeness (QED) is 0.541. The number of nitro groups is 1. The van der Waals surface area contributed by atoms with Crippen molar-refractivity contribution in [1.82, 2.24) is 14.7 Å². The van der Waals surface area contributed by atoms with Gasteiger partial charge in [-0.2, -0.15) is 0 Å². The lowest BCUT2D eigenvalue weighted by Gasteiger charge is -2.06. The Bertz CT molecular complexity index is 922. The number of aromatic nitrogens is 3. The van der Waals surface area contributed by atoms with Crippen LogP contribution in [-0.2, 0) is 6.54 Å². The maximum absolute atomic E-state index is 12.5. The van der Waals surface area contributed by atoms with Crippen LogP contribution in [0.1, 0.15) is 17.0 Å². The van der Waals surface area contributed by atoms with E-state index in [1.807, 2.05) is 0 Å². The molecular formula is C14H12N4O4. The molecule has 2 aromatic heterocycles. The molecule has 0 N–H and O–H groups in total. The van der Waals surface area contributed by atoms with E-state index in [0.717, 1.165) is 5.56 Å². The van der Waals surface area contributed by atoms with Gasteiger partial charge in [0.2, 0.25) is 0 Å². The maximum atomic E-state index is 12.5. The van der Waals surface area contributed by atoms with E-state index in [-0.39, 0.29) is 23.2 Å². The van der Waals surface area contributed by atoms with Crippen LogP contribution in [0.25, 0.3) is 10.9 Å². The second kappa shape index (κ2) is 5.06. The summed E-state index contributed by atoms with van der Waals surface area (Å²) in [4.78, 5) is 27.0. The van der Waals surface area contributed by atoms with Crippen molar-refractivity contribution in [2.45, 2.75) is 20.4 Å². The number of benzene rings is 1. The molecule has 0 amide bonds. The predicted octanol–water partition coefficient (Wildman–Crippen LogP) is 1.96. The molecule has 0 unspecified atom stereocenters. The van der Waals surface area contributed by atoms with E-state index in [1.165, 1.54) is 29.1 Å². The van der Waals surface area contributed by atoms with Crippen LogP contribution in [0.15, 0.2) is 33.8 Å². The van der Waals surface area contributed by atoms with Crippen LogP contribution >= 0.6 is 0 Å². The zero-order valence-electron chi connectivity index (χ0n) is 11.9. The molecule has 8 nitrogen and oxygen atoms in total. The summed E-state index contributed by atoms with van der Waals surface area (Å²) >= 11 is 0. The Morgan fingerprint density at radius 3 is 2.77 bits per heavy atom. The van der Waals surface area contributed by atoms with Crippen molar-refractivity contribution in [2.75, 3.05) is 0 Å². The molecule has 0 spiro atoms. The molecule has 0 aliphatic carbocycles. The number of hydrogen-bond acceptors (Lipinski definition) is 6. The van der Waals surface area contributed by atoms with Crippen LogP contribution in [-0.4, -0.2) is 19.6 Å². The first-order valence-corrected chi connectivity index (χ1v) is 6.52. The van der Waals surface area contributed by atoms with Crippen LogP contribution in [0.5, 0.6) is 0 Å². The molecule has 1 aromatic carbocycles. The zero-order chi connectivity index (χ0) is 15.9. The fraction of sp³-hybridized carbons (Fsp3) is 0.214. The zero-order valence-corrected chi connectivity index (χ0v) is 11.9. The number of hydrogen-bond donors (Lipinski definition) is 0. The van der Waals surface area contributed by atoms with Crippen LogP contribution in [0.3, 0.4) is 0 Å². The van der Waals surface area contributed by atoms with Crippen LogP contribution in [0.2, 0.25) is 0 Å². The molecule has 0 atom stereocenters. The average molecular weight is 300 g/mol. The number of fused-ring (bicyclic) bond motifs is 1. The van der Waals surface area contributed by atoms with Crippen LogP contribution in [0, 0.1) is 24.0 Å². The minimum atomic E-state index is -0.537. The van der Waals surface area contributed by atoms with E-state index in [0.29, 0.717) is 17.0 Å². The van der Waals surface area contributed by atoms with Crippen molar-refractivity contribution >= 4 is 16.6 Å². The van der Waals surface area contributed by atoms with Gasteiger partial charge in [0.25, 0.3) is 11.2 Å². The first-order valence-electron chi connectivity index (χ1n) is 6.52. The highest BCUT2D eigenvalue weighted by atomic mass is 16.6. The fourth-order valence-corrected chi connectivity index (χ4v) is 2.27. The normalized spacial score (nSPS) is 11.0. The molecule has 0 radical (unpaired) electrons. The van der Waals surface area contributed by atoms with Gasteiger partial charge in [0, 0.05) is 17.7 Å². The molecular weight excluding hydrogens is 288 g/mol. The van der Waals surface area contributed by atoms with Crippen molar-refractivity contribution in [2.24, 2.45) is 0 Å². The Morgan fingerprint density at radius 2 is 2.14 bits per heavy atom. The second-order valence-corrected chi connectivity index (χ2v) is 4.94. The lowest BCUT2D eigenvalue weighted by atomic mass is 10.2. The van der Waals surface area contributed by atoms with Gasteiger partial charge in [-0.15, -0.1) is 0 Å². The van der Waals surface area contributed by atoms with Crippen LogP contribution in [0.4, 0.5) is 5.69 Å². The predicted molar refractivity (Wildman–Crippen MR) is 77.7 cm³/mol. The smallest absolute Gasteiger partial charge is 0.270 e. The van der Waals surface area contributed by atoms with Crippen molar-refractivity contribution in [3.05, 3.63) is 62.0 Å². The SMILES string of the molecule is Cc1noc(C)c1Cn1cnc2ccc([N+](=O)[O-])cc2c1=O. The molecule has 3 rings (SSSR count). The Kier molecular flexibility index (Phi) is 3.21. The molecule has 0 aliphatic rings. The third kappa shape index (κ3) is 2.24. The van der Waals surface area contributed by atoms with Gasteiger partial charge in [0.05, 0.1) is 34.4 Å². The molecule has 3 aromatic rings. The summed E-state index contributed by atoms with van der Waals surface area (Å²) in [5.74, 6) is 0.628. The van der Waals surface area contributed by atoms with E-state index in [9.17, 15) is 14.9 Å². The highest BCUT2D eigenvalue weighted by Gasteiger charge is 2.14. The Labute approximate surface area is 124 Å². The van der Waals surface area contributed by atoms with E-state index in [1.54, 1.807) is 13.8 Å². The number of nitrogens with zero attached hydrogens (tertiary/aromatic N) is 4. The topological polar surface area (TPSA) is 104 Å². The molecule has 8 heteroatoms. The first kappa shape index (κ1) is 13.9. The van der Waals surface area contributed by atoms with E-state index in [4.69, 9.17) is 4.52 Å². The summed E-state index contributed by atoms with van der Waals surface area (Å²) in [6, 6.07) is 4.04. The Balaban J connectivity index is 2.13. The largest absolute Gasteiger partial charge is 0.361 e. The van der Waals surface area contributed by atoms with Gasteiger partial charge in [0.15, 0.2) is 0 Å². The third-order valence-corrected chi connectivity index (χ3v) is 3.53. The lowest BCUT2D eigenvalue weighted by molar-refractivity contribution is -0.384. The van der Waals surface area contributed by atoms with Gasteiger partial charge >= 0.3 is 0 Å². The molecule has 0 bridgehead atoms. The molecule has 0 saturated heterocycles. The number of rotatable bonds is 3. The summed E-state index contributed by atoms with van der Waals surface area (Å²) in [5, 5.41) is 14.9. The van der Waals surface area contributed by atoms with E-state index in [2.05, 4.69) is 10.1 Å². The summed E-state index contributed by atoms with van der Waals surface area (Å²) < 4.78 is 6.46. The molecule has 0 saturated carbocycles. The van der Waals surface area contributed by atoms with Gasteiger partial charge < -0.3 is 4.52 Å². The van der Waals surface area contributed by atoms with Gasteiger partial charge in [-0.3, -0.25) is 19.5 Å². The van der Waals surface area contributed by atoms with Crippen molar-refractivity contribution < 1.29 is 9.45 Å². The molecule has 112 valence electrons. The van der Waals surface area contributed by atoms with Crippen molar-refractivity contribution in [1.29, 1.82) is 0 Å². The fourth-order valence-electron chi connectivity index (χ4n) is 2.27. The van der Waals surface area contributed by atoms with Gasteiger partial charge in [-0.05, 0) is 19.9 Å². The number of aryl methyl sites for hydroxylation is 2. The minimum Gasteiger partial charge on any atom is -0.361 e. The van der Waals surface area contributed by atoms with E-state index >= 15 is 0 Å². The van der Waals surface area contributed by atoms with Crippen LogP contribution < -0.4 is 5.56 Å². The highest BCUT2D eigenvalue weighted by molar-refractivity contribution is 5.79. The third-order valence-electron chi connectivity index (χ3n) is 3.53. The standard InChI is InChI=1S/C14H12N4O4/c1-8-12(9(2)22-16-8)6-17-7-15-13-4-3-10(18(20)21)5-11(13)14(17)19/h3-5,7H,6H2,1-2H3. The van der Waals surface area contributed by atoms with Crippen molar-refractivity contribution in [3.63, 3.8) is 0 Å². The Morgan fingerprint density at radius 1 is 1.36 bits per heavy atom. The van der Waals surface area contributed by atoms with Gasteiger partial charge in [-0.25, -0.2) is 4.98 Å². The molecule has 0 aliphatic heterocycles. The van der Waals surface area contributed by atoms with Gasteiger partial charge in [0.1, 0.15) is 5.76 Å². The maximum Gasteiger partial charge on any atom is 0.270 e. The monoisotopic (exact) mass is 300 g/mol. The van der Waals surface area contributed by atoms with Gasteiger partial charge in [-0.1, -0.05) is 5.16 Å². The molecule has 0 fully saturated rings. The number of non-ortho nitro benzene ring substituents is 1. The first-order chi connectivity index (χ1) is 10.5. The lowest BCUT2D eigenvalue weighted by Crippen LogP contribution is -2.21. The Hall–Kier alpha value is -3.03. The number of nitro benzene ring substituents is 1. The van der Waals surface area contributed by atoms with Crippen molar-refractivity contribution in [3.8, 4) is 0 Å². The summed E-state index contributed by atoms with van der Waals surface area (Å²) in [7, 11) is 0. The minimum absolute atomic E-state index is 0.138. The molecule has 22 heavy (non-hydrogen) atoms. The summed E-state index contributed by atoms with van der Waals surface area (Å²) in [6.45, 7) is 3.81. The summed E-state index contributed by atoms with van der Waals surface area (Å²) in [6.07, 6.45) is 1.42. The second-order valence-electron chi connectivity index (χ2n) is 4.94. The van der Waals surface area contributed by atoms with E-state index < -0.39 is 4.92 Å². The highest BCUT2D eigenvalue weighted by Crippen LogP contribution is 2.17.